The molecular formula is C19H18BrNO2. The lowest BCUT2D eigenvalue weighted by Crippen LogP contribution is -2.40. The Hall–Kier alpha value is -1.42. The van der Waals surface area contributed by atoms with Crippen molar-refractivity contribution in [1.29, 1.82) is 0 Å². The molecule has 1 aromatic rings. The fourth-order valence-corrected chi connectivity index (χ4v) is 5.49. The van der Waals surface area contributed by atoms with Crippen molar-refractivity contribution >= 4 is 33.4 Å². The van der Waals surface area contributed by atoms with Gasteiger partial charge in [-0.3, -0.25) is 9.59 Å². The van der Waals surface area contributed by atoms with E-state index in [2.05, 4.69) is 28.1 Å². The maximum absolute atomic E-state index is 13.1. The second-order valence-electron chi connectivity index (χ2n) is 7.56. The fourth-order valence-electron chi connectivity index (χ4n) is 5.26. The van der Waals surface area contributed by atoms with Gasteiger partial charge in [-0.2, -0.15) is 0 Å². The van der Waals surface area contributed by atoms with E-state index in [-0.39, 0.29) is 35.5 Å². The highest BCUT2D eigenvalue weighted by molar-refractivity contribution is 9.10. The van der Waals surface area contributed by atoms with Gasteiger partial charge >= 0.3 is 0 Å². The highest BCUT2D eigenvalue weighted by atomic mass is 79.9. The van der Waals surface area contributed by atoms with Gasteiger partial charge in [0.25, 0.3) is 0 Å². The van der Waals surface area contributed by atoms with Crippen LogP contribution in [0, 0.1) is 49.4 Å². The molecule has 1 aliphatic heterocycles. The molecule has 0 spiro atoms. The molecule has 0 N–H and O–H groups in total. The van der Waals surface area contributed by atoms with E-state index in [1.54, 1.807) is 0 Å². The minimum absolute atomic E-state index is 0.0193. The number of aryl methyl sites for hydroxylation is 2. The molecule has 2 saturated carbocycles. The third-order valence-corrected chi connectivity index (χ3v) is 7.59. The number of hydrogen-bond acceptors (Lipinski definition) is 2. The number of benzene rings is 1. The van der Waals surface area contributed by atoms with Gasteiger partial charge in [0.15, 0.2) is 0 Å². The van der Waals surface area contributed by atoms with Crippen LogP contribution in [0.15, 0.2) is 28.8 Å². The van der Waals surface area contributed by atoms with Gasteiger partial charge in [0.1, 0.15) is 0 Å². The van der Waals surface area contributed by atoms with Crippen molar-refractivity contribution in [3.8, 4) is 0 Å². The first-order chi connectivity index (χ1) is 11.0. The highest BCUT2D eigenvalue weighted by Crippen LogP contribution is 2.65. The average molecular weight is 372 g/mol. The zero-order chi connectivity index (χ0) is 16.0. The van der Waals surface area contributed by atoms with Crippen LogP contribution in [0.2, 0.25) is 0 Å². The summed E-state index contributed by atoms with van der Waals surface area (Å²) < 4.78 is 1.04. The predicted molar refractivity (Wildman–Crippen MR) is 90.8 cm³/mol. The minimum atomic E-state index is -0.120. The van der Waals surface area contributed by atoms with Crippen molar-refractivity contribution in [2.45, 2.75) is 20.3 Å². The number of allylic oxidation sites excluding steroid dienone is 2. The van der Waals surface area contributed by atoms with E-state index >= 15 is 0 Å². The van der Waals surface area contributed by atoms with Crippen molar-refractivity contribution < 1.29 is 9.59 Å². The third-order valence-electron chi connectivity index (χ3n) is 6.34. The van der Waals surface area contributed by atoms with Crippen LogP contribution in [0.5, 0.6) is 0 Å². The maximum Gasteiger partial charge on any atom is 0.238 e. The molecule has 4 heteroatoms. The summed E-state index contributed by atoms with van der Waals surface area (Å²) in [6.07, 6.45) is 5.63. The number of halogens is 1. The lowest BCUT2D eigenvalue weighted by atomic mass is 9.63. The smallest absolute Gasteiger partial charge is 0.238 e. The summed E-state index contributed by atoms with van der Waals surface area (Å²) in [6, 6.07) is 3.89. The Morgan fingerprint density at radius 2 is 1.43 bits per heavy atom. The second kappa shape index (κ2) is 4.35. The van der Waals surface area contributed by atoms with Gasteiger partial charge in [-0.05, 0) is 67.2 Å². The molecule has 1 aromatic carbocycles. The average Bonchev–Trinajstić information content (AvgIpc) is 3.29. The van der Waals surface area contributed by atoms with E-state index in [0.29, 0.717) is 11.8 Å². The molecule has 0 radical (unpaired) electrons. The summed E-state index contributed by atoms with van der Waals surface area (Å²) in [5.41, 5.74) is 2.85. The lowest BCUT2D eigenvalue weighted by molar-refractivity contribution is -0.124. The van der Waals surface area contributed by atoms with Crippen molar-refractivity contribution in [2.75, 3.05) is 4.90 Å². The largest absolute Gasteiger partial charge is 0.274 e. The topological polar surface area (TPSA) is 37.4 Å². The van der Waals surface area contributed by atoms with Gasteiger partial charge in [-0.25, -0.2) is 4.90 Å². The molecule has 5 aliphatic rings. The lowest BCUT2D eigenvalue weighted by Gasteiger charge is -2.37. The quantitative estimate of drug-likeness (QED) is 0.558. The Labute approximate surface area is 143 Å². The summed E-state index contributed by atoms with van der Waals surface area (Å²) in [5, 5.41) is 0. The van der Waals surface area contributed by atoms with E-state index in [9.17, 15) is 9.59 Å². The van der Waals surface area contributed by atoms with Crippen LogP contribution >= 0.6 is 15.9 Å². The molecule has 6 atom stereocenters. The second-order valence-corrected chi connectivity index (χ2v) is 8.35. The summed E-state index contributed by atoms with van der Waals surface area (Å²) in [6.45, 7) is 4.00. The number of hydrogen-bond donors (Lipinski definition) is 0. The molecule has 2 bridgehead atoms. The number of rotatable bonds is 1. The van der Waals surface area contributed by atoms with E-state index in [1.807, 2.05) is 26.0 Å². The van der Waals surface area contributed by atoms with Crippen molar-refractivity contribution in [2.24, 2.45) is 35.5 Å². The van der Waals surface area contributed by atoms with E-state index < -0.39 is 0 Å². The first kappa shape index (κ1) is 14.0. The van der Waals surface area contributed by atoms with Gasteiger partial charge < -0.3 is 0 Å². The molecule has 23 heavy (non-hydrogen) atoms. The van der Waals surface area contributed by atoms with Crippen LogP contribution in [-0.4, -0.2) is 11.8 Å². The van der Waals surface area contributed by atoms with Crippen molar-refractivity contribution in [1.82, 2.24) is 0 Å². The van der Waals surface area contributed by atoms with E-state index in [4.69, 9.17) is 0 Å². The number of amides is 2. The van der Waals surface area contributed by atoms with Gasteiger partial charge in [0.05, 0.1) is 17.5 Å². The minimum Gasteiger partial charge on any atom is -0.274 e. The summed E-state index contributed by atoms with van der Waals surface area (Å²) in [5.74, 6) is 1.67. The van der Waals surface area contributed by atoms with Crippen molar-refractivity contribution in [3.05, 3.63) is 39.9 Å². The Bertz CT molecular complexity index is 740. The van der Waals surface area contributed by atoms with E-state index in [1.165, 1.54) is 11.3 Å². The van der Waals surface area contributed by atoms with E-state index in [0.717, 1.165) is 21.3 Å². The molecule has 3 fully saturated rings. The molecule has 0 unspecified atom stereocenters. The van der Waals surface area contributed by atoms with Gasteiger partial charge in [-0.1, -0.05) is 28.1 Å². The first-order valence-corrected chi connectivity index (χ1v) is 9.11. The zero-order valence-corrected chi connectivity index (χ0v) is 14.7. The van der Waals surface area contributed by atoms with Crippen LogP contribution in [0.3, 0.4) is 0 Å². The Morgan fingerprint density at radius 1 is 0.957 bits per heavy atom. The van der Waals surface area contributed by atoms with Gasteiger partial charge in [0.2, 0.25) is 11.8 Å². The number of anilines is 1. The SMILES string of the molecule is Cc1cc(N2C(=O)[C@@H]3[C@H]4C=C[C@@H]([C@@H]5C[C@H]45)[C@@H]3C2=O)cc(C)c1Br. The van der Waals surface area contributed by atoms with Crippen LogP contribution in [0.25, 0.3) is 0 Å². The monoisotopic (exact) mass is 371 g/mol. The Kier molecular flexibility index (Phi) is 2.64. The summed E-state index contributed by atoms with van der Waals surface area (Å²) in [4.78, 5) is 27.6. The van der Waals surface area contributed by atoms with Crippen LogP contribution in [-0.2, 0) is 9.59 Å². The van der Waals surface area contributed by atoms with Crippen molar-refractivity contribution in [3.63, 3.8) is 0 Å². The van der Waals surface area contributed by atoms with Crippen LogP contribution in [0.4, 0.5) is 5.69 Å². The molecule has 6 rings (SSSR count). The van der Waals surface area contributed by atoms with Crippen LogP contribution < -0.4 is 4.90 Å². The molecule has 3 nitrogen and oxygen atoms in total. The molecule has 1 heterocycles. The standard InChI is InChI=1S/C19H18BrNO2/c1-8-5-10(6-9(2)17(8)20)21-18(22)15-11-3-4-12(14-7-13(11)14)16(15)19(21)23/h3-6,11-16H,7H2,1-2H3/t11-,12-,13-,14+,15-,16+/m0/s1. The van der Waals surface area contributed by atoms with Crippen LogP contribution in [0.1, 0.15) is 17.5 Å². The summed E-state index contributed by atoms with van der Waals surface area (Å²) >= 11 is 3.56. The molecule has 118 valence electrons. The Balaban J connectivity index is 1.59. The predicted octanol–water partition coefficient (Wildman–Crippen LogP) is 3.62. The molecule has 1 saturated heterocycles. The fraction of sp³-hybridized carbons (Fsp3) is 0.474. The number of imide groups is 1. The molecule has 2 amide bonds. The van der Waals surface area contributed by atoms with Gasteiger partial charge in [-0.15, -0.1) is 0 Å². The maximum atomic E-state index is 13.1. The molecule has 4 aliphatic carbocycles. The first-order valence-electron chi connectivity index (χ1n) is 8.32. The third kappa shape index (κ3) is 1.65. The van der Waals surface area contributed by atoms with Gasteiger partial charge in [0, 0.05) is 4.47 Å². The Morgan fingerprint density at radius 3 is 1.91 bits per heavy atom. The zero-order valence-electron chi connectivity index (χ0n) is 13.1. The summed E-state index contributed by atoms with van der Waals surface area (Å²) in [7, 11) is 0. The number of nitrogens with zero attached hydrogens (tertiary/aromatic N) is 1. The molecule has 0 aromatic heterocycles. The number of carbonyl (C=O) groups is 2. The normalized spacial score (nSPS) is 39.7. The number of carbonyl (C=O) groups excluding carboxylic acids is 2. The molecular weight excluding hydrogens is 354 g/mol. The highest BCUT2D eigenvalue weighted by Gasteiger charge is 2.67.